The molecule has 0 N–H and O–H groups in total. The molecule has 0 bridgehead atoms. The lowest BCUT2D eigenvalue weighted by Gasteiger charge is -2.14. The fourth-order valence-electron chi connectivity index (χ4n) is 2.49. The van der Waals surface area contributed by atoms with Crippen molar-refractivity contribution in [2.75, 3.05) is 11.5 Å². The Hall–Kier alpha value is -3.75. The molecule has 3 rings (SSSR count). The molecule has 0 atom stereocenters. The van der Waals surface area contributed by atoms with Crippen LogP contribution in [0, 0.1) is 10.1 Å². The highest BCUT2D eigenvalue weighted by Gasteiger charge is 2.41. The summed E-state index contributed by atoms with van der Waals surface area (Å²) in [5, 5.41) is 21.4. The van der Waals surface area contributed by atoms with Gasteiger partial charge < -0.3 is 14.6 Å². The predicted octanol–water partition coefficient (Wildman–Crippen LogP) is 0.524. The van der Waals surface area contributed by atoms with E-state index in [0.29, 0.717) is 0 Å². The number of rotatable bonds is 5. The van der Waals surface area contributed by atoms with Gasteiger partial charge in [0.25, 0.3) is 17.5 Å². The molecular formula is C16H9N2O7-. The average Bonchev–Trinajstić information content (AvgIpc) is 2.84. The molecule has 1 heterocycles. The molecule has 0 aliphatic carbocycles. The molecular weight excluding hydrogens is 332 g/mol. The lowest BCUT2D eigenvalue weighted by Crippen LogP contribution is -2.29. The molecule has 9 nitrogen and oxygen atoms in total. The molecule has 126 valence electrons. The first-order valence-corrected chi connectivity index (χ1v) is 6.99. The first-order chi connectivity index (χ1) is 11.9. The van der Waals surface area contributed by atoms with Crippen LogP contribution in [-0.4, -0.2) is 29.3 Å². The van der Waals surface area contributed by atoms with Gasteiger partial charge in [0.05, 0.1) is 22.1 Å². The van der Waals surface area contributed by atoms with Crippen LogP contribution in [-0.2, 0) is 4.79 Å². The molecule has 2 aromatic carbocycles. The number of fused-ring (bicyclic) bond motifs is 1. The van der Waals surface area contributed by atoms with E-state index in [1.165, 1.54) is 36.4 Å². The lowest BCUT2D eigenvalue weighted by molar-refractivity contribution is -0.385. The van der Waals surface area contributed by atoms with Crippen molar-refractivity contribution in [1.82, 2.24) is 0 Å². The topological polar surface area (TPSA) is 130 Å². The Morgan fingerprint density at radius 1 is 1.08 bits per heavy atom. The van der Waals surface area contributed by atoms with Crippen LogP contribution in [0.25, 0.3) is 0 Å². The minimum absolute atomic E-state index is 0.0449. The number of hydrogen-bond acceptors (Lipinski definition) is 7. The normalized spacial score (nSPS) is 12.9. The largest absolute Gasteiger partial charge is 0.546 e. The molecule has 0 aromatic heterocycles. The summed E-state index contributed by atoms with van der Waals surface area (Å²) in [4.78, 5) is 46.5. The summed E-state index contributed by atoms with van der Waals surface area (Å²) >= 11 is 0. The third kappa shape index (κ3) is 2.78. The maximum Gasteiger partial charge on any atom is 0.283 e. The van der Waals surface area contributed by atoms with Gasteiger partial charge >= 0.3 is 0 Å². The Morgan fingerprint density at radius 2 is 1.76 bits per heavy atom. The van der Waals surface area contributed by atoms with E-state index in [1.54, 1.807) is 0 Å². The Bertz CT molecular complexity index is 905. The van der Waals surface area contributed by atoms with Gasteiger partial charge in [0.1, 0.15) is 17.9 Å². The van der Waals surface area contributed by atoms with E-state index in [1.807, 2.05) is 0 Å². The highest BCUT2D eigenvalue weighted by atomic mass is 16.6. The number of anilines is 1. The van der Waals surface area contributed by atoms with Crippen LogP contribution in [0.4, 0.5) is 11.4 Å². The van der Waals surface area contributed by atoms with Gasteiger partial charge in [-0.25, -0.2) is 4.90 Å². The van der Waals surface area contributed by atoms with Gasteiger partial charge in [-0.15, -0.1) is 0 Å². The first kappa shape index (κ1) is 16.1. The number of imide groups is 1. The van der Waals surface area contributed by atoms with E-state index in [2.05, 4.69) is 0 Å². The number of hydrogen-bond donors (Lipinski definition) is 0. The van der Waals surface area contributed by atoms with Crippen LogP contribution in [0.1, 0.15) is 20.7 Å². The van der Waals surface area contributed by atoms with Crippen LogP contribution in [0.2, 0.25) is 0 Å². The minimum atomic E-state index is -1.39. The molecule has 0 saturated heterocycles. The maximum absolute atomic E-state index is 12.5. The van der Waals surface area contributed by atoms with E-state index < -0.39 is 35.0 Å². The van der Waals surface area contributed by atoms with Gasteiger partial charge in [-0.3, -0.25) is 19.7 Å². The minimum Gasteiger partial charge on any atom is -0.546 e. The molecule has 0 saturated carbocycles. The summed E-state index contributed by atoms with van der Waals surface area (Å²) in [5.74, 6) is -2.66. The van der Waals surface area contributed by atoms with Crippen LogP contribution in [0.3, 0.4) is 0 Å². The Balaban J connectivity index is 1.93. The number of benzene rings is 2. The van der Waals surface area contributed by atoms with Gasteiger partial charge in [-0.1, -0.05) is 6.07 Å². The summed E-state index contributed by atoms with van der Waals surface area (Å²) in [6.07, 6.45) is 0. The second kappa shape index (κ2) is 6.04. The van der Waals surface area contributed by atoms with E-state index >= 15 is 0 Å². The highest BCUT2D eigenvalue weighted by Crippen LogP contribution is 2.34. The van der Waals surface area contributed by atoms with E-state index in [-0.39, 0.29) is 22.6 Å². The third-order valence-corrected chi connectivity index (χ3v) is 3.54. The molecule has 2 amide bonds. The first-order valence-electron chi connectivity index (χ1n) is 6.99. The number of amides is 2. The number of nitro benzene ring substituents is 1. The number of carboxylic acids is 1. The smallest absolute Gasteiger partial charge is 0.283 e. The summed E-state index contributed by atoms with van der Waals surface area (Å²) in [5.41, 5.74) is -0.556. The molecule has 1 aliphatic rings. The van der Waals surface area contributed by atoms with E-state index in [0.717, 1.165) is 11.0 Å². The number of carbonyl (C=O) groups is 3. The molecule has 0 unspecified atom stereocenters. The number of nitrogens with zero attached hydrogens (tertiary/aromatic N) is 2. The van der Waals surface area contributed by atoms with Crippen molar-refractivity contribution in [3.05, 3.63) is 63.7 Å². The van der Waals surface area contributed by atoms with Crippen molar-refractivity contribution in [3.8, 4) is 5.75 Å². The van der Waals surface area contributed by atoms with E-state index in [9.17, 15) is 29.6 Å². The number of nitro groups is 1. The second-order valence-corrected chi connectivity index (χ2v) is 5.06. The number of aliphatic carboxylic acids is 1. The number of ether oxygens (including phenoxy) is 1. The maximum atomic E-state index is 12.5. The molecule has 9 heteroatoms. The van der Waals surface area contributed by atoms with Crippen molar-refractivity contribution >= 4 is 29.2 Å². The standard InChI is InChI=1S/C16H10N2O7/c19-13(20)8-25-10-6-4-9(5-7-10)17-15(21)11-2-1-3-12(18(23)24)14(11)16(17)22/h1-7H,8H2,(H,19,20)/p-1. The van der Waals surface area contributed by atoms with E-state index in [4.69, 9.17) is 4.74 Å². The van der Waals surface area contributed by atoms with Crippen LogP contribution < -0.4 is 14.7 Å². The second-order valence-electron chi connectivity index (χ2n) is 5.06. The number of carboxylic acid groups (broad SMARTS) is 1. The average molecular weight is 341 g/mol. The summed E-state index contributed by atoms with van der Waals surface area (Å²) in [7, 11) is 0. The van der Waals surface area contributed by atoms with Crippen LogP contribution >= 0.6 is 0 Å². The number of carbonyl (C=O) groups excluding carboxylic acids is 3. The SMILES string of the molecule is O=C([O-])COc1ccc(N2C(=O)c3cccc([N+](=O)[O-])c3C2=O)cc1. The molecule has 1 aliphatic heterocycles. The Kier molecular flexibility index (Phi) is 3.89. The zero-order valence-corrected chi connectivity index (χ0v) is 12.5. The highest BCUT2D eigenvalue weighted by molar-refractivity contribution is 6.35. The Labute approximate surface area is 140 Å². The zero-order chi connectivity index (χ0) is 18.1. The molecule has 0 fully saturated rings. The summed E-state index contributed by atoms with van der Waals surface area (Å²) in [6, 6.07) is 9.33. The van der Waals surface area contributed by atoms with Crippen molar-refractivity contribution in [2.45, 2.75) is 0 Å². The summed E-state index contributed by atoms with van der Waals surface area (Å²) in [6.45, 7) is -0.640. The molecule has 2 aromatic rings. The van der Waals surface area contributed by atoms with Crippen molar-refractivity contribution in [1.29, 1.82) is 0 Å². The van der Waals surface area contributed by atoms with Gasteiger partial charge in [0, 0.05) is 6.07 Å². The zero-order valence-electron chi connectivity index (χ0n) is 12.5. The fourth-order valence-corrected chi connectivity index (χ4v) is 2.49. The van der Waals surface area contributed by atoms with Gasteiger partial charge in [0.15, 0.2) is 0 Å². The predicted molar refractivity (Wildman–Crippen MR) is 81.2 cm³/mol. The monoisotopic (exact) mass is 341 g/mol. The van der Waals surface area contributed by atoms with Crippen molar-refractivity contribution < 1.29 is 29.2 Å². The lowest BCUT2D eigenvalue weighted by atomic mass is 10.1. The molecule has 25 heavy (non-hydrogen) atoms. The third-order valence-electron chi connectivity index (χ3n) is 3.54. The molecule has 0 radical (unpaired) electrons. The van der Waals surface area contributed by atoms with Crippen molar-refractivity contribution in [2.24, 2.45) is 0 Å². The van der Waals surface area contributed by atoms with Gasteiger partial charge in [-0.05, 0) is 30.3 Å². The quantitative estimate of drug-likeness (QED) is 0.440. The van der Waals surface area contributed by atoms with Gasteiger partial charge in [-0.2, -0.15) is 0 Å². The van der Waals surface area contributed by atoms with Crippen molar-refractivity contribution in [3.63, 3.8) is 0 Å². The van der Waals surface area contributed by atoms with Crippen LogP contribution in [0.15, 0.2) is 42.5 Å². The fraction of sp³-hybridized carbons (Fsp3) is 0.0625. The van der Waals surface area contributed by atoms with Gasteiger partial charge in [0.2, 0.25) is 0 Å². The van der Waals surface area contributed by atoms with Crippen LogP contribution in [0.5, 0.6) is 5.75 Å². The molecule has 0 spiro atoms. The summed E-state index contributed by atoms with van der Waals surface area (Å²) < 4.78 is 4.91. The Morgan fingerprint density at radius 3 is 2.36 bits per heavy atom.